The predicted octanol–water partition coefficient (Wildman–Crippen LogP) is 1.99. The average molecular weight is 406 g/mol. The van der Waals surface area contributed by atoms with Crippen molar-refractivity contribution in [1.82, 2.24) is 15.3 Å². The molecule has 0 radical (unpaired) electrons. The van der Waals surface area contributed by atoms with Crippen LogP contribution in [-0.2, 0) is 4.74 Å². The second kappa shape index (κ2) is 8.48. The van der Waals surface area contributed by atoms with E-state index >= 15 is 0 Å². The Bertz CT molecular complexity index is 996. The zero-order valence-electron chi connectivity index (χ0n) is 16.1. The number of anilines is 1. The van der Waals surface area contributed by atoms with Crippen LogP contribution >= 0.6 is 0 Å². The molecular formula is C22H22N4O4. The number of rotatable bonds is 6. The van der Waals surface area contributed by atoms with Gasteiger partial charge in [0.2, 0.25) is 0 Å². The molecule has 0 spiro atoms. The van der Waals surface area contributed by atoms with Gasteiger partial charge in [-0.1, -0.05) is 48.5 Å². The van der Waals surface area contributed by atoms with E-state index in [0.717, 1.165) is 22.3 Å². The maximum atomic E-state index is 12.2. The third-order valence-corrected chi connectivity index (χ3v) is 5.16. The topological polar surface area (TPSA) is 131 Å². The Morgan fingerprint density at radius 3 is 2.27 bits per heavy atom. The van der Waals surface area contributed by atoms with Crippen LogP contribution in [0.15, 0.2) is 60.9 Å². The molecule has 2 atom stereocenters. The largest absolute Gasteiger partial charge is 0.449 e. The summed E-state index contributed by atoms with van der Waals surface area (Å²) in [6.45, 7) is -0.0359. The first-order valence-electron chi connectivity index (χ1n) is 9.57. The number of nitrogens with one attached hydrogen (secondary N) is 1. The monoisotopic (exact) mass is 406 g/mol. The molecule has 1 heterocycles. The lowest BCUT2D eigenvalue weighted by molar-refractivity contribution is 0.0159. The summed E-state index contributed by atoms with van der Waals surface area (Å²) >= 11 is 0. The first kappa shape index (κ1) is 19.8. The molecule has 3 aromatic rings. The highest BCUT2D eigenvalue weighted by atomic mass is 16.5. The van der Waals surface area contributed by atoms with E-state index in [4.69, 9.17) is 10.5 Å². The zero-order valence-corrected chi connectivity index (χ0v) is 16.1. The molecule has 8 nitrogen and oxygen atoms in total. The van der Waals surface area contributed by atoms with Gasteiger partial charge in [0, 0.05) is 12.5 Å². The molecular weight excluding hydrogens is 384 g/mol. The Hall–Kier alpha value is -3.49. The van der Waals surface area contributed by atoms with Gasteiger partial charge in [0.25, 0.3) is 0 Å². The Morgan fingerprint density at radius 2 is 1.67 bits per heavy atom. The van der Waals surface area contributed by atoms with Gasteiger partial charge in [-0.05, 0) is 22.3 Å². The predicted molar refractivity (Wildman–Crippen MR) is 110 cm³/mol. The minimum absolute atomic E-state index is 0.0521. The summed E-state index contributed by atoms with van der Waals surface area (Å²) in [5, 5.41) is 22.7. The molecule has 0 saturated heterocycles. The molecule has 154 valence electrons. The maximum absolute atomic E-state index is 12.2. The molecule has 2 aromatic carbocycles. The van der Waals surface area contributed by atoms with Crippen molar-refractivity contribution in [3.05, 3.63) is 77.7 Å². The minimum atomic E-state index is -1.31. The van der Waals surface area contributed by atoms with E-state index in [1.54, 1.807) is 0 Å². The van der Waals surface area contributed by atoms with E-state index in [-0.39, 0.29) is 30.6 Å². The maximum Gasteiger partial charge on any atom is 0.407 e. The molecule has 0 fully saturated rings. The summed E-state index contributed by atoms with van der Waals surface area (Å²) in [4.78, 5) is 19.9. The van der Waals surface area contributed by atoms with Crippen LogP contribution in [0.5, 0.6) is 0 Å². The minimum Gasteiger partial charge on any atom is -0.449 e. The molecule has 0 aliphatic heterocycles. The number of nitrogens with two attached hydrogens (primary N) is 1. The lowest BCUT2D eigenvalue weighted by Gasteiger charge is -2.18. The number of hydrogen-bond donors (Lipinski definition) is 4. The lowest BCUT2D eigenvalue weighted by atomic mass is 9.98. The van der Waals surface area contributed by atoms with Crippen molar-refractivity contribution >= 4 is 11.9 Å². The molecule has 1 aromatic heterocycles. The fraction of sp³-hybridized carbons (Fsp3) is 0.227. The second-order valence-electron chi connectivity index (χ2n) is 7.08. The van der Waals surface area contributed by atoms with Crippen molar-refractivity contribution in [3.63, 3.8) is 0 Å². The van der Waals surface area contributed by atoms with Gasteiger partial charge in [-0.2, -0.15) is 0 Å². The van der Waals surface area contributed by atoms with Crippen molar-refractivity contribution in [2.75, 3.05) is 18.9 Å². The number of hydrogen-bond acceptors (Lipinski definition) is 7. The van der Waals surface area contributed by atoms with Gasteiger partial charge in [-0.3, -0.25) is 4.98 Å². The molecule has 1 amide bonds. The van der Waals surface area contributed by atoms with Crippen LogP contribution in [0, 0.1) is 0 Å². The first-order valence-corrected chi connectivity index (χ1v) is 9.57. The van der Waals surface area contributed by atoms with E-state index < -0.39 is 18.3 Å². The van der Waals surface area contributed by atoms with Crippen molar-refractivity contribution < 1.29 is 19.7 Å². The number of ether oxygens (including phenoxy) is 1. The Morgan fingerprint density at radius 1 is 1.03 bits per heavy atom. The number of amides is 1. The van der Waals surface area contributed by atoms with Crippen molar-refractivity contribution in [3.8, 4) is 11.1 Å². The van der Waals surface area contributed by atoms with E-state index in [2.05, 4.69) is 27.4 Å². The van der Waals surface area contributed by atoms with Gasteiger partial charge in [0.1, 0.15) is 24.6 Å². The summed E-state index contributed by atoms with van der Waals surface area (Å²) in [5.74, 6) is 0.154. The van der Waals surface area contributed by atoms with Crippen molar-refractivity contribution in [2.24, 2.45) is 0 Å². The number of alkyl carbamates (subject to hydrolysis) is 1. The molecule has 0 saturated carbocycles. The molecule has 30 heavy (non-hydrogen) atoms. The van der Waals surface area contributed by atoms with Crippen LogP contribution in [0.25, 0.3) is 11.1 Å². The summed E-state index contributed by atoms with van der Waals surface area (Å²) in [6.07, 6.45) is -0.706. The molecule has 5 N–H and O–H groups in total. The highest BCUT2D eigenvalue weighted by Gasteiger charge is 2.29. The van der Waals surface area contributed by atoms with Crippen LogP contribution in [0.4, 0.5) is 10.6 Å². The van der Waals surface area contributed by atoms with Crippen LogP contribution in [0.1, 0.15) is 28.8 Å². The molecule has 8 heteroatoms. The number of nitrogen functional groups attached to an aromatic ring is 1. The van der Waals surface area contributed by atoms with Crippen molar-refractivity contribution in [2.45, 2.75) is 18.1 Å². The van der Waals surface area contributed by atoms with Gasteiger partial charge < -0.3 is 26.0 Å². The number of aliphatic hydroxyl groups is 2. The Kier molecular flexibility index (Phi) is 5.60. The van der Waals surface area contributed by atoms with Crippen LogP contribution in [0.3, 0.4) is 0 Å². The Balaban J connectivity index is 1.33. The van der Waals surface area contributed by atoms with E-state index in [9.17, 15) is 15.0 Å². The third kappa shape index (κ3) is 3.96. The van der Waals surface area contributed by atoms with Crippen LogP contribution in [0.2, 0.25) is 0 Å². The molecule has 2 unspecified atom stereocenters. The highest BCUT2D eigenvalue weighted by Crippen LogP contribution is 2.44. The molecule has 0 bridgehead atoms. The summed E-state index contributed by atoms with van der Waals surface area (Å²) in [6, 6.07) is 16.1. The Labute approximate surface area is 173 Å². The van der Waals surface area contributed by atoms with E-state index in [0.29, 0.717) is 0 Å². The average Bonchev–Trinajstić information content (AvgIpc) is 3.10. The fourth-order valence-corrected chi connectivity index (χ4v) is 3.65. The highest BCUT2D eigenvalue weighted by molar-refractivity contribution is 5.79. The molecule has 1 aliphatic carbocycles. The van der Waals surface area contributed by atoms with E-state index in [1.165, 1.54) is 12.4 Å². The fourth-order valence-electron chi connectivity index (χ4n) is 3.65. The number of aromatic nitrogens is 2. The smallest absolute Gasteiger partial charge is 0.407 e. The van der Waals surface area contributed by atoms with Crippen molar-refractivity contribution in [1.29, 1.82) is 0 Å². The van der Waals surface area contributed by atoms with Crippen LogP contribution in [-0.4, -0.2) is 45.5 Å². The van der Waals surface area contributed by atoms with Crippen LogP contribution < -0.4 is 11.1 Å². The standard InChI is InChI=1S/C22H22N4O4/c23-20-11-24-18(9-25-20)21(28)19(27)10-26-22(29)30-12-17-15-7-3-1-5-13(15)14-6-2-4-8-16(14)17/h1-9,11,17,19,21,27-28H,10,12H2,(H2,23,25)(H,26,29). The summed E-state index contributed by atoms with van der Waals surface area (Å²) in [5.41, 5.74) is 10.1. The number of benzene rings is 2. The van der Waals surface area contributed by atoms with Gasteiger partial charge in [0.05, 0.1) is 18.1 Å². The first-order chi connectivity index (χ1) is 14.5. The summed E-state index contributed by atoms with van der Waals surface area (Å²) < 4.78 is 5.40. The molecule has 4 rings (SSSR count). The lowest BCUT2D eigenvalue weighted by Crippen LogP contribution is -2.36. The normalized spacial score (nSPS) is 14.5. The van der Waals surface area contributed by atoms with Gasteiger partial charge in [-0.25, -0.2) is 9.78 Å². The van der Waals surface area contributed by atoms with Gasteiger partial charge >= 0.3 is 6.09 Å². The second-order valence-corrected chi connectivity index (χ2v) is 7.08. The molecule has 1 aliphatic rings. The number of carbonyl (C=O) groups excluding carboxylic acids is 1. The number of aliphatic hydroxyl groups excluding tert-OH is 2. The summed E-state index contributed by atoms with van der Waals surface area (Å²) in [7, 11) is 0. The zero-order chi connectivity index (χ0) is 21.1. The third-order valence-electron chi connectivity index (χ3n) is 5.16. The SMILES string of the molecule is Nc1cnc(C(O)C(O)CNC(=O)OCC2c3ccccc3-c3ccccc32)cn1. The number of carbonyl (C=O) groups is 1. The van der Waals surface area contributed by atoms with Gasteiger partial charge in [-0.15, -0.1) is 0 Å². The van der Waals surface area contributed by atoms with E-state index in [1.807, 2.05) is 36.4 Å². The number of nitrogens with zero attached hydrogens (tertiary/aromatic N) is 2. The quantitative estimate of drug-likeness (QED) is 0.492. The van der Waals surface area contributed by atoms with Gasteiger partial charge in [0.15, 0.2) is 0 Å². The number of fused-ring (bicyclic) bond motifs is 3.